The van der Waals surface area contributed by atoms with Crippen LogP contribution in [0.3, 0.4) is 0 Å². The van der Waals surface area contributed by atoms with Gasteiger partial charge in [-0.2, -0.15) is 0 Å². The molecule has 0 aliphatic rings. The Balaban J connectivity index is 1.44. The van der Waals surface area contributed by atoms with Gasteiger partial charge in [0.25, 0.3) is 0 Å². The van der Waals surface area contributed by atoms with E-state index in [4.69, 9.17) is 14.5 Å². The number of aromatic nitrogens is 3. The van der Waals surface area contributed by atoms with Crippen LogP contribution in [0.15, 0.2) is 67.0 Å². The van der Waals surface area contributed by atoms with Gasteiger partial charge in [-0.25, -0.2) is 15.0 Å². The molecule has 0 radical (unpaired) electrons. The summed E-state index contributed by atoms with van der Waals surface area (Å²) in [6.45, 7) is 4.76. The van der Waals surface area contributed by atoms with Crippen LogP contribution in [0.25, 0.3) is 0 Å². The number of allylic oxidation sites excluding steroid dienone is 2. The van der Waals surface area contributed by atoms with Gasteiger partial charge in [-0.15, -0.1) is 0 Å². The van der Waals surface area contributed by atoms with Crippen molar-refractivity contribution in [2.75, 3.05) is 19.0 Å². The minimum absolute atomic E-state index is 0.0835. The van der Waals surface area contributed by atoms with E-state index in [1.54, 1.807) is 19.5 Å². The molecular weight excluding hydrogens is 452 g/mol. The Labute approximate surface area is 214 Å². The number of pyridine rings is 1. The molecule has 0 aliphatic heterocycles. The number of carbonyl (C=O) groups excluding carboxylic acids is 1. The number of benzene rings is 1. The highest BCUT2D eigenvalue weighted by atomic mass is 16.5. The molecule has 7 nitrogen and oxygen atoms in total. The average Bonchev–Trinajstić information content (AvgIpc) is 2.90. The number of carbonyl (C=O) groups is 1. The van der Waals surface area contributed by atoms with Gasteiger partial charge in [0.15, 0.2) is 0 Å². The number of esters is 1. The summed E-state index contributed by atoms with van der Waals surface area (Å²) in [6.07, 6.45) is 12.0. The summed E-state index contributed by atoms with van der Waals surface area (Å²) in [5, 5.41) is 3.39. The Morgan fingerprint density at radius 1 is 1.08 bits per heavy atom. The molecular formula is C29H36N4O3. The van der Waals surface area contributed by atoms with Crippen LogP contribution < -0.4 is 10.1 Å². The smallest absolute Gasteiger partial charge is 0.306 e. The molecule has 0 bridgehead atoms. The number of unbranched alkanes of at least 4 members (excludes halogenated alkanes) is 2. The van der Waals surface area contributed by atoms with E-state index in [0.29, 0.717) is 19.0 Å². The Kier molecular flexibility index (Phi) is 10.9. The Morgan fingerprint density at radius 2 is 1.86 bits per heavy atom. The van der Waals surface area contributed by atoms with Gasteiger partial charge in [0.1, 0.15) is 17.4 Å². The normalized spacial score (nSPS) is 11.9. The zero-order valence-electron chi connectivity index (χ0n) is 21.4. The maximum atomic E-state index is 12.1. The number of hydrogen-bond donors (Lipinski definition) is 1. The fourth-order valence-electron chi connectivity index (χ4n) is 3.77. The monoisotopic (exact) mass is 488 g/mol. The van der Waals surface area contributed by atoms with Gasteiger partial charge < -0.3 is 14.8 Å². The van der Waals surface area contributed by atoms with Crippen LogP contribution in [0.4, 0.5) is 5.82 Å². The number of nitrogens with zero attached hydrogens (tertiary/aromatic N) is 3. The number of anilines is 1. The Bertz CT molecular complexity index is 1100. The lowest BCUT2D eigenvalue weighted by Gasteiger charge is -2.12. The first kappa shape index (κ1) is 26.9. The molecule has 2 aromatic heterocycles. The van der Waals surface area contributed by atoms with Crippen molar-refractivity contribution in [3.05, 3.63) is 89.7 Å². The number of ether oxygens (including phenoxy) is 2. The van der Waals surface area contributed by atoms with Crippen molar-refractivity contribution in [3.63, 3.8) is 0 Å². The van der Waals surface area contributed by atoms with Crippen molar-refractivity contribution in [2.24, 2.45) is 0 Å². The summed E-state index contributed by atoms with van der Waals surface area (Å²) < 4.78 is 10.4. The summed E-state index contributed by atoms with van der Waals surface area (Å²) in [6, 6.07) is 14.1. The SMILES string of the molecule is CCOC(=O)CC(C=CCCCCc1cccc(NCc2ccc(OC)cc2)n1)c1cnc(C)nc1. The van der Waals surface area contributed by atoms with Gasteiger partial charge in [-0.1, -0.05) is 30.4 Å². The molecule has 3 rings (SSSR count). The van der Waals surface area contributed by atoms with Crippen LogP contribution in [0.1, 0.15) is 61.2 Å². The molecule has 7 heteroatoms. The lowest BCUT2D eigenvalue weighted by Crippen LogP contribution is -2.10. The fourth-order valence-corrected chi connectivity index (χ4v) is 3.77. The molecule has 1 unspecified atom stereocenters. The molecule has 0 fully saturated rings. The predicted molar refractivity (Wildman–Crippen MR) is 142 cm³/mol. The van der Waals surface area contributed by atoms with E-state index >= 15 is 0 Å². The van der Waals surface area contributed by atoms with Crippen LogP contribution >= 0.6 is 0 Å². The van der Waals surface area contributed by atoms with E-state index in [1.165, 1.54) is 5.56 Å². The zero-order valence-corrected chi connectivity index (χ0v) is 21.4. The standard InChI is InChI=1S/C29H36N4O3/c1-4-36-29(34)18-24(25-20-30-22(2)31-21-25)10-7-5-6-8-11-26-12-9-13-28(33-26)32-19-23-14-16-27(35-3)17-15-23/h7,9-10,12-17,20-21,24H,4-6,8,11,18-19H2,1-3H3,(H,32,33). The van der Waals surface area contributed by atoms with Crippen molar-refractivity contribution in [2.45, 2.75) is 58.4 Å². The third-order valence-corrected chi connectivity index (χ3v) is 5.78. The molecule has 1 N–H and O–H groups in total. The van der Waals surface area contributed by atoms with Gasteiger partial charge in [-0.05, 0) is 74.9 Å². The van der Waals surface area contributed by atoms with Crippen LogP contribution in [-0.4, -0.2) is 34.6 Å². The maximum absolute atomic E-state index is 12.1. The van der Waals surface area contributed by atoms with E-state index in [1.807, 2.05) is 50.2 Å². The highest BCUT2D eigenvalue weighted by molar-refractivity contribution is 5.71. The number of hydrogen-bond acceptors (Lipinski definition) is 7. The summed E-state index contributed by atoms with van der Waals surface area (Å²) in [4.78, 5) is 25.3. The lowest BCUT2D eigenvalue weighted by molar-refractivity contribution is -0.143. The van der Waals surface area contributed by atoms with E-state index in [2.05, 4.69) is 33.5 Å². The van der Waals surface area contributed by atoms with E-state index in [9.17, 15) is 4.79 Å². The lowest BCUT2D eigenvalue weighted by atomic mass is 9.97. The highest BCUT2D eigenvalue weighted by Crippen LogP contribution is 2.21. The molecule has 2 heterocycles. The minimum atomic E-state index is -0.209. The molecule has 1 aromatic carbocycles. The highest BCUT2D eigenvalue weighted by Gasteiger charge is 2.15. The third kappa shape index (κ3) is 9.13. The second kappa shape index (κ2) is 14.6. The summed E-state index contributed by atoms with van der Waals surface area (Å²) >= 11 is 0. The second-order valence-corrected chi connectivity index (χ2v) is 8.57. The molecule has 0 aliphatic carbocycles. The quantitative estimate of drug-likeness (QED) is 0.174. The van der Waals surface area contributed by atoms with Crippen LogP contribution in [0.2, 0.25) is 0 Å². The first-order chi connectivity index (χ1) is 17.6. The van der Waals surface area contributed by atoms with Crippen molar-refractivity contribution in [1.82, 2.24) is 15.0 Å². The van der Waals surface area contributed by atoms with Gasteiger partial charge in [0, 0.05) is 30.6 Å². The molecule has 36 heavy (non-hydrogen) atoms. The summed E-state index contributed by atoms with van der Waals surface area (Å²) in [5.74, 6) is 2.16. The van der Waals surface area contributed by atoms with Crippen molar-refractivity contribution < 1.29 is 14.3 Å². The first-order valence-electron chi connectivity index (χ1n) is 12.5. The zero-order chi connectivity index (χ0) is 25.6. The molecule has 190 valence electrons. The molecule has 0 saturated carbocycles. The van der Waals surface area contributed by atoms with Gasteiger partial charge >= 0.3 is 5.97 Å². The summed E-state index contributed by atoms with van der Waals surface area (Å²) in [7, 11) is 1.67. The molecule has 0 amide bonds. The minimum Gasteiger partial charge on any atom is -0.497 e. The van der Waals surface area contributed by atoms with Gasteiger partial charge in [0.2, 0.25) is 0 Å². The Hall–Kier alpha value is -3.74. The number of nitrogens with one attached hydrogen (secondary N) is 1. The molecule has 3 aromatic rings. The van der Waals surface area contributed by atoms with Crippen molar-refractivity contribution >= 4 is 11.8 Å². The van der Waals surface area contributed by atoms with E-state index in [0.717, 1.165) is 48.5 Å². The van der Waals surface area contributed by atoms with E-state index in [-0.39, 0.29) is 18.3 Å². The second-order valence-electron chi connectivity index (χ2n) is 8.57. The largest absolute Gasteiger partial charge is 0.497 e. The summed E-state index contributed by atoms with van der Waals surface area (Å²) in [5.41, 5.74) is 3.18. The first-order valence-corrected chi connectivity index (χ1v) is 12.5. The fraction of sp³-hybridized carbons (Fsp3) is 0.379. The average molecular weight is 489 g/mol. The number of rotatable bonds is 14. The van der Waals surface area contributed by atoms with E-state index < -0.39 is 0 Å². The maximum Gasteiger partial charge on any atom is 0.306 e. The van der Waals surface area contributed by atoms with Crippen LogP contribution in [0, 0.1) is 6.92 Å². The predicted octanol–water partition coefficient (Wildman–Crippen LogP) is 5.81. The molecule has 1 atom stereocenters. The van der Waals surface area contributed by atoms with Crippen LogP contribution in [0.5, 0.6) is 5.75 Å². The van der Waals surface area contributed by atoms with Gasteiger partial charge in [-0.3, -0.25) is 4.79 Å². The molecule has 0 saturated heterocycles. The topological polar surface area (TPSA) is 86.2 Å². The Morgan fingerprint density at radius 3 is 2.58 bits per heavy atom. The third-order valence-electron chi connectivity index (χ3n) is 5.78. The van der Waals surface area contributed by atoms with Crippen molar-refractivity contribution in [3.8, 4) is 5.75 Å². The van der Waals surface area contributed by atoms with Crippen LogP contribution in [-0.2, 0) is 22.5 Å². The van der Waals surface area contributed by atoms with Crippen molar-refractivity contribution in [1.29, 1.82) is 0 Å². The van der Waals surface area contributed by atoms with Gasteiger partial charge in [0.05, 0.1) is 20.1 Å². The number of methoxy groups -OCH3 is 1. The number of aryl methyl sites for hydroxylation is 2. The molecule has 0 spiro atoms.